The summed E-state index contributed by atoms with van der Waals surface area (Å²) in [7, 11) is 0. The van der Waals surface area contributed by atoms with Crippen LogP contribution < -0.4 is 5.32 Å². The van der Waals surface area contributed by atoms with E-state index < -0.39 is 6.10 Å². The molecule has 0 saturated heterocycles. The highest BCUT2D eigenvalue weighted by molar-refractivity contribution is 14.1. The van der Waals surface area contributed by atoms with E-state index in [1.807, 2.05) is 6.07 Å². The first-order chi connectivity index (χ1) is 8.99. The minimum absolute atomic E-state index is 0.0771. The average molecular weight is 597 g/mol. The number of hydrogen-bond acceptors (Lipinski definition) is 2. The van der Waals surface area contributed by atoms with Gasteiger partial charge in [0.25, 0.3) is 5.91 Å². The van der Waals surface area contributed by atoms with Crippen LogP contribution in [-0.2, 0) is 0 Å². The molecule has 19 heavy (non-hydrogen) atoms. The Morgan fingerprint density at radius 1 is 1.21 bits per heavy atom. The Bertz CT molecular complexity index is 493. The van der Waals surface area contributed by atoms with E-state index in [1.165, 1.54) is 0 Å². The molecule has 0 unspecified atom stereocenters. The van der Waals surface area contributed by atoms with Crippen LogP contribution in [0.3, 0.4) is 0 Å². The summed E-state index contributed by atoms with van der Waals surface area (Å²) in [4.78, 5) is 12.4. The molecule has 1 amide bonds. The molecule has 1 aliphatic carbocycles. The van der Waals surface area contributed by atoms with Gasteiger partial charge in [-0.3, -0.25) is 4.79 Å². The summed E-state index contributed by atoms with van der Waals surface area (Å²) in [5.41, 5.74) is 0.703. The highest BCUT2D eigenvalue weighted by atomic mass is 127. The smallest absolute Gasteiger partial charge is 0.252 e. The zero-order valence-electron chi connectivity index (χ0n) is 10.1. The Kier molecular flexibility index (Phi) is 6.15. The van der Waals surface area contributed by atoms with E-state index in [0.717, 1.165) is 36.4 Å². The van der Waals surface area contributed by atoms with E-state index in [9.17, 15) is 9.90 Å². The van der Waals surface area contributed by atoms with Crippen LogP contribution in [0.15, 0.2) is 12.1 Å². The lowest BCUT2D eigenvalue weighted by atomic mass is 9.92. The van der Waals surface area contributed by atoms with Gasteiger partial charge in [0, 0.05) is 10.7 Å². The fourth-order valence-electron chi connectivity index (χ4n) is 2.25. The molecule has 6 heteroatoms. The van der Waals surface area contributed by atoms with Gasteiger partial charge in [0.1, 0.15) is 0 Å². The van der Waals surface area contributed by atoms with E-state index in [-0.39, 0.29) is 11.9 Å². The summed E-state index contributed by atoms with van der Waals surface area (Å²) in [5, 5.41) is 12.9. The highest BCUT2D eigenvalue weighted by Gasteiger charge is 2.25. The van der Waals surface area contributed by atoms with Crippen molar-refractivity contribution in [3.63, 3.8) is 0 Å². The van der Waals surface area contributed by atoms with Crippen molar-refractivity contribution in [1.29, 1.82) is 0 Å². The van der Waals surface area contributed by atoms with Crippen LogP contribution in [-0.4, -0.2) is 23.2 Å². The number of rotatable bonds is 2. The van der Waals surface area contributed by atoms with Gasteiger partial charge in [-0.15, -0.1) is 0 Å². The largest absolute Gasteiger partial charge is 0.391 e. The lowest BCUT2D eigenvalue weighted by molar-refractivity contribution is 0.0716. The van der Waals surface area contributed by atoms with Crippen molar-refractivity contribution in [2.24, 2.45) is 0 Å². The molecule has 0 aromatic heterocycles. The molecule has 1 aromatic carbocycles. The lowest BCUT2D eigenvalue weighted by Crippen LogP contribution is -2.45. The molecule has 1 aromatic rings. The van der Waals surface area contributed by atoms with Gasteiger partial charge in [0.05, 0.1) is 17.7 Å². The van der Waals surface area contributed by atoms with Crippen LogP contribution >= 0.6 is 67.8 Å². The van der Waals surface area contributed by atoms with Gasteiger partial charge in [-0.05, 0) is 92.7 Å². The zero-order valence-corrected chi connectivity index (χ0v) is 16.6. The lowest BCUT2D eigenvalue weighted by Gasteiger charge is -2.28. The number of aliphatic hydroxyl groups excluding tert-OH is 1. The SMILES string of the molecule is O=C(N[C@H]1CCCC[C@@H]1O)c1cc(I)cc(I)c1I. The quantitative estimate of drug-likeness (QED) is 0.406. The predicted octanol–water partition coefficient (Wildman–Crippen LogP) is 3.53. The van der Waals surface area contributed by atoms with Gasteiger partial charge in [-0.2, -0.15) is 0 Å². The standard InChI is InChI=1S/C13H14I3NO2/c14-7-5-8(12(16)9(15)6-7)13(19)17-10-3-1-2-4-11(10)18/h5-6,10-11,18H,1-4H2,(H,17,19)/t10-,11-/m0/s1. The van der Waals surface area contributed by atoms with Crippen LogP contribution in [0.5, 0.6) is 0 Å². The molecule has 2 atom stereocenters. The summed E-state index contributed by atoms with van der Waals surface area (Å²) in [6.45, 7) is 0. The van der Waals surface area contributed by atoms with Crippen molar-refractivity contribution in [3.05, 3.63) is 28.4 Å². The number of amides is 1. The summed E-state index contributed by atoms with van der Waals surface area (Å²) in [6, 6.07) is 3.84. The van der Waals surface area contributed by atoms with Crippen LogP contribution in [0, 0.1) is 10.7 Å². The number of nitrogens with one attached hydrogen (secondary N) is 1. The summed E-state index contributed by atoms with van der Waals surface area (Å²) in [5.74, 6) is -0.0771. The molecule has 1 aliphatic rings. The molecule has 2 rings (SSSR count). The fourth-order valence-corrected chi connectivity index (χ4v) is 4.65. The topological polar surface area (TPSA) is 49.3 Å². The number of halogens is 3. The molecular weight excluding hydrogens is 583 g/mol. The molecule has 104 valence electrons. The highest BCUT2D eigenvalue weighted by Crippen LogP contribution is 2.24. The molecule has 0 spiro atoms. The maximum atomic E-state index is 12.4. The summed E-state index contributed by atoms with van der Waals surface area (Å²) in [6.07, 6.45) is 3.36. The van der Waals surface area contributed by atoms with E-state index >= 15 is 0 Å². The monoisotopic (exact) mass is 597 g/mol. The van der Waals surface area contributed by atoms with Crippen molar-refractivity contribution in [3.8, 4) is 0 Å². The molecule has 3 nitrogen and oxygen atoms in total. The third-order valence-corrected chi connectivity index (χ3v) is 6.95. The first-order valence-corrected chi connectivity index (χ1v) is 9.36. The minimum atomic E-state index is -0.405. The van der Waals surface area contributed by atoms with Gasteiger partial charge in [0.2, 0.25) is 0 Å². The number of benzene rings is 1. The maximum Gasteiger partial charge on any atom is 0.252 e. The molecule has 1 saturated carbocycles. The first kappa shape index (κ1) is 16.2. The number of hydrogen-bond donors (Lipinski definition) is 2. The molecule has 0 bridgehead atoms. The van der Waals surface area contributed by atoms with Gasteiger partial charge >= 0.3 is 0 Å². The zero-order chi connectivity index (χ0) is 14.0. The molecule has 1 fully saturated rings. The molecule has 2 N–H and O–H groups in total. The maximum absolute atomic E-state index is 12.4. The third kappa shape index (κ3) is 4.16. The predicted molar refractivity (Wildman–Crippen MR) is 100 cm³/mol. The molecule has 0 heterocycles. The van der Waals surface area contributed by atoms with E-state index in [1.54, 1.807) is 0 Å². The van der Waals surface area contributed by atoms with Crippen molar-refractivity contribution in [2.45, 2.75) is 37.8 Å². The van der Waals surface area contributed by atoms with Crippen LogP contribution in [0.25, 0.3) is 0 Å². The Morgan fingerprint density at radius 3 is 2.58 bits per heavy atom. The third-order valence-electron chi connectivity index (χ3n) is 3.28. The van der Waals surface area contributed by atoms with Crippen molar-refractivity contribution >= 4 is 73.7 Å². The summed E-state index contributed by atoms with van der Waals surface area (Å²) >= 11 is 6.66. The van der Waals surface area contributed by atoms with Gasteiger partial charge in [0.15, 0.2) is 0 Å². The second-order valence-electron chi connectivity index (χ2n) is 4.68. The number of carbonyl (C=O) groups is 1. The number of aliphatic hydroxyl groups is 1. The van der Waals surface area contributed by atoms with Gasteiger partial charge < -0.3 is 10.4 Å². The first-order valence-electron chi connectivity index (χ1n) is 6.12. The van der Waals surface area contributed by atoms with Gasteiger partial charge in [-0.25, -0.2) is 0 Å². The minimum Gasteiger partial charge on any atom is -0.391 e. The molecule has 0 radical (unpaired) electrons. The fraction of sp³-hybridized carbons (Fsp3) is 0.462. The normalized spacial score (nSPS) is 23.2. The molecule has 0 aliphatic heterocycles. The summed E-state index contributed by atoms with van der Waals surface area (Å²) < 4.78 is 3.11. The van der Waals surface area contributed by atoms with Crippen LogP contribution in [0.4, 0.5) is 0 Å². The van der Waals surface area contributed by atoms with Crippen molar-refractivity contribution < 1.29 is 9.90 Å². The Hall–Kier alpha value is 0.840. The Labute approximate surface area is 153 Å². The van der Waals surface area contributed by atoms with E-state index in [2.05, 4.69) is 79.2 Å². The second kappa shape index (κ2) is 7.21. The van der Waals surface area contributed by atoms with E-state index in [0.29, 0.717) is 5.56 Å². The Balaban J connectivity index is 2.15. The van der Waals surface area contributed by atoms with E-state index in [4.69, 9.17) is 0 Å². The van der Waals surface area contributed by atoms with Crippen LogP contribution in [0.2, 0.25) is 0 Å². The second-order valence-corrected chi connectivity index (χ2v) is 8.17. The average Bonchev–Trinajstić information content (AvgIpc) is 2.36. The van der Waals surface area contributed by atoms with Crippen LogP contribution in [0.1, 0.15) is 36.0 Å². The van der Waals surface area contributed by atoms with Crippen molar-refractivity contribution in [1.82, 2.24) is 5.32 Å². The van der Waals surface area contributed by atoms with Crippen molar-refractivity contribution in [2.75, 3.05) is 0 Å². The van der Waals surface area contributed by atoms with Gasteiger partial charge in [-0.1, -0.05) is 12.8 Å². The Morgan fingerprint density at radius 2 is 1.89 bits per heavy atom. The molecular formula is C13H14I3NO2. The number of carbonyl (C=O) groups excluding carboxylic acids is 1.